The summed E-state index contributed by atoms with van der Waals surface area (Å²) >= 11 is 0. The second kappa shape index (κ2) is 6.86. The Morgan fingerprint density at radius 3 is 2.67 bits per heavy atom. The molecule has 0 aliphatic heterocycles. The number of nitrogens with one attached hydrogen (secondary N) is 1. The highest BCUT2D eigenvalue weighted by Gasteiger charge is 2.22. The largest absolute Gasteiger partial charge is 0.345 e. The molecule has 1 fully saturated rings. The van der Waals surface area contributed by atoms with E-state index in [0.717, 1.165) is 6.54 Å². The molecule has 0 spiro atoms. The van der Waals surface area contributed by atoms with Crippen LogP contribution in [0.2, 0.25) is 0 Å². The van der Waals surface area contributed by atoms with Crippen molar-refractivity contribution >= 4 is 17.5 Å². The molecule has 1 aromatic carbocycles. The number of carbonyl (C=O) groups excluding carboxylic acids is 2. The maximum Gasteiger partial charge on any atom is 0.273 e. The first-order valence-electron chi connectivity index (χ1n) is 8.20. The van der Waals surface area contributed by atoms with E-state index in [-0.39, 0.29) is 11.8 Å². The lowest BCUT2D eigenvalue weighted by Crippen LogP contribution is -2.26. The molecule has 3 rings (SSSR count). The molecular formula is C18H22N4O2. The van der Waals surface area contributed by atoms with Gasteiger partial charge in [0.05, 0.1) is 11.3 Å². The number of benzene rings is 1. The summed E-state index contributed by atoms with van der Waals surface area (Å²) in [4.78, 5) is 26.4. The van der Waals surface area contributed by atoms with E-state index < -0.39 is 0 Å². The van der Waals surface area contributed by atoms with Crippen molar-refractivity contribution in [3.05, 3.63) is 47.8 Å². The Morgan fingerprint density at radius 1 is 1.25 bits per heavy atom. The highest BCUT2D eigenvalue weighted by atomic mass is 16.2. The van der Waals surface area contributed by atoms with Crippen molar-refractivity contribution in [3.8, 4) is 0 Å². The van der Waals surface area contributed by atoms with Gasteiger partial charge in [0, 0.05) is 26.8 Å². The molecule has 1 saturated carbocycles. The van der Waals surface area contributed by atoms with Crippen LogP contribution in [0.15, 0.2) is 36.5 Å². The number of anilines is 1. The van der Waals surface area contributed by atoms with Crippen molar-refractivity contribution in [1.82, 2.24) is 14.7 Å². The minimum atomic E-state index is -0.245. The average Bonchev–Trinajstić information content (AvgIpc) is 2.99. The normalized spacial score (nSPS) is 14.1. The summed E-state index contributed by atoms with van der Waals surface area (Å²) in [6.45, 7) is 0.772. The molecule has 0 bridgehead atoms. The smallest absolute Gasteiger partial charge is 0.273 e. The van der Waals surface area contributed by atoms with E-state index in [1.165, 1.54) is 24.2 Å². The molecule has 24 heavy (non-hydrogen) atoms. The Bertz CT molecular complexity index is 747. The molecule has 126 valence electrons. The fourth-order valence-electron chi connectivity index (χ4n) is 2.80. The van der Waals surface area contributed by atoms with Gasteiger partial charge in [0.15, 0.2) is 0 Å². The minimum Gasteiger partial charge on any atom is -0.345 e. The first-order valence-corrected chi connectivity index (χ1v) is 8.20. The van der Waals surface area contributed by atoms with Crippen LogP contribution in [0, 0.1) is 5.92 Å². The molecule has 1 heterocycles. The number of hydrogen-bond donors (Lipinski definition) is 1. The second-order valence-corrected chi connectivity index (χ2v) is 6.39. The van der Waals surface area contributed by atoms with Crippen LogP contribution >= 0.6 is 0 Å². The van der Waals surface area contributed by atoms with Crippen molar-refractivity contribution in [2.24, 2.45) is 5.92 Å². The summed E-state index contributed by atoms with van der Waals surface area (Å²) < 4.78 is 1.76. The van der Waals surface area contributed by atoms with Crippen molar-refractivity contribution in [3.63, 3.8) is 0 Å². The molecule has 1 N–H and O–H groups in total. The lowest BCUT2D eigenvalue weighted by atomic mass is 9.85. The number of hydrogen-bond acceptors (Lipinski definition) is 3. The molecule has 6 heteroatoms. The van der Waals surface area contributed by atoms with Gasteiger partial charge in [0.2, 0.25) is 0 Å². The topological polar surface area (TPSA) is 67.2 Å². The number of aromatic nitrogens is 2. The molecule has 0 atom stereocenters. The van der Waals surface area contributed by atoms with Crippen molar-refractivity contribution < 1.29 is 9.59 Å². The van der Waals surface area contributed by atoms with Gasteiger partial charge in [-0.3, -0.25) is 14.3 Å². The summed E-state index contributed by atoms with van der Waals surface area (Å²) in [5, 5.41) is 7.12. The first-order chi connectivity index (χ1) is 11.6. The molecule has 1 aromatic heterocycles. The Balaban J connectivity index is 1.78. The summed E-state index contributed by atoms with van der Waals surface area (Å²) in [5.74, 6) is 0.221. The number of carbonyl (C=O) groups is 2. The Hall–Kier alpha value is -2.63. The van der Waals surface area contributed by atoms with E-state index in [9.17, 15) is 9.59 Å². The third-order valence-corrected chi connectivity index (χ3v) is 4.42. The van der Waals surface area contributed by atoms with E-state index in [1.54, 1.807) is 55.3 Å². The van der Waals surface area contributed by atoms with E-state index in [2.05, 4.69) is 10.4 Å². The summed E-state index contributed by atoms with van der Waals surface area (Å²) in [7, 11) is 3.38. The Morgan fingerprint density at radius 2 is 2.00 bits per heavy atom. The fourth-order valence-corrected chi connectivity index (χ4v) is 2.80. The Kier molecular flexibility index (Phi) is 4.64. The van der Waals surface area contributed by atoms with Gasteiger partial charge in [-0.15, -0.1) is 0 Å². The lowest BCUT2D eigenvalue weighted by molar-refractivity contribution is 0.0828. The molecule has 6 nitrogen and oxygen atoms in total. The zero-order valence-electron chi connectivity index (χ0n) is 14.0. The van der Waals surface area contributed by atoms with Crippen LogP contribution in [0.3, 0.4) is 0 Å². The maximum atomic E-state index is 12.6. The molecule has 1 aliphatic rings. The first kappa shape index (κ1) is 16.2. The molecule has 2 amide bonds. The third kappa shape index (κ3) is 3.32. The quantitative estimate of drug-likeness (QED) is 0.918. The van der Waals surface area contributed by atoms with Crippen LogP contribution in [-0.2, 0) is 6.54 Å². The number of amides is 2. The minimum absolute atomic E-state index is 0.145. The highest BCUT2D eigenvalue weighted by Crippen LogP contribution is 2.28. The van der Waals surface area contributed by atoms with Crippen LogP contribution in [-0.4, -0.2) is 40.6 Å². The van der Waals surface area contributed by atoms with Crippen molar-refractivity contribution in [2.45, 2.75) is 25.8 Å². The van der Waals surface area contributed by atoms with Crippen LogP contribution < -0.4 is 5.32 Å². The van der Waals surface area contributed by atoms with Crippen LogP contribution in [0.1, 0.15) is 40.1 Å². The zero-order valence-corrected chi connectivity index (χ0v) is 14.0. The fraction of sp³-hybridized carbons (Fsp3) is 0.389. The summed E-state index contributed by atoms with van der Waals surface area (Å²) in [6, 6.07) is 8.75. The van der Waals surface area contributed by atoms with Crippen LogP contribution in [0.5, 0.6) is 0 Å². The molecule has 0 radical (unpaired) electrons. The average molecular weight is 326 g/mol. The predicted octanol–water partition coefficient (Wildman–Crippen LogP) is 2.64. The van der Waals surface area contributed by atoms with Gasteiger partial charge in [0.25, 0.3) is 11.8 Å². The SMILES string of the molecule is CN(C)C(=O)c1ccccc1NC(=O)c1ccnn1CC1CCC1. The van der Waals surface area contributed by atoms with E-state index >= 15 is 0 Å². The van der Waals surface area contributed by atoms with Gasteiger partial charge in [-0.25, -0.2) is 0 Å². The molecule has 0 saturated heterocycles. The Labute approximate surface area is 141 Å². The monoisotopic (exact) mass is 326 g/mol. The highest BCUT2D eigenvalue weighted by molar-refractivity contribution is 6.08. The zero-order chi connectivity index (χ0) is 17.1. The van der Waals surface area contributed by atoms with E-state index in [4.69, 9.17) is 0 Å². The number of nitrogens with zero attached hydrogens (tertiary/aromatic N) is 3. The van der Waals surface area contributed by atoms with Gasteiger partial charge in [-0.2, -0.15) is 5.10 Å². The van der Waals surface area contributed by atoms with Crippen molar-refractivity contribution in [1.29, 1.82) is 0 Å². The van der Waals surface area contributed by atoms with Gasteiger partial charge in [0.1, 0.15) is 5.69 Å². The lowest BCUT2D eigenvalue weighted by Gasteiger charge is -2.25. The van der Waals surface area contributed by atoms with Crippen molar-refractivity contribution in [2.75, 3.05) is 19.4 Å². The number of rotatable bonds is 5. The molecule has 1 aliphatic carbocycles. The number of para-hydroxylation sites is 1. The van der Waals surface area contributed by atoms with Crippen LogP contribution in [0.4, 0.5) is 5.69 Å². The summed E-state index contributed by atoms with van der Waals surface area (Å²) in [5.41, 5.74) is 1.51. The standard InChI is InChI=1S/C18H22N4O2/c1-21(2)18(24)14-8-3-4-9-15(14)20-17(23)16-10-11-19-22(16)12-13-6-5-7-13/h3-4,8-11,13H,5-7,12H2,1-2H3,(H,20,23). The van der Waals surface area contributed by atoms with Gasteiger partial charge < -0.3 is 10.2 Å². The van der Waals surface area contributed by atoms with E-state index in [0.29, 0.717) is 22.9 Å². The second-order valence-electron chi connectivity index (χ2n) is 6.39. The third-order valence-electron chi connectivity index (χ3n) is 4.42. The molecule has 0 unspecified atom stereocenters. The van der Waals surface area contributed by atoms with Crippen LogP contribution in [0.25, 0.3) is 0 Å². The molecule has 2 aromatic rings. The van der Waals surface area contributed by atoms with E-state index in [1.807, 2.05) is 0 Å². The van der Waals surface area contributed by atoms with Gasteiger partial charge in [-0.05, 0) is 37.0 Å². The predicted molar refractivity (Wildman–Crippen MR) is 92.0 cm³/mol. The summed E-state index contributed by atoms with van der Waals surface area (Å²) in [6.07, 6.45) is 5.29. The van der Waals surface area contributed by atoms with Gasteiger partial charge in [-0.1, -0.05) is 18.6 Å². The maximum absolute atomic E-state index is 12.6. The van der Waals surface area contributed by atoms with Gasteiger partial charge >= 0.3 is 0 Å². The molecular weight excluding hydrogens is 304 g/mol.